The van der Waals surface area contributed by atoms with Gasteiger partial charge in [-0.05, 0) is 69.3 Å². The van der Waals surface area contributed by atoms with E-state index < -0.39 is 0 Å². The van der Waals surface area contributed by atoms with Crippen LogP contribution in [0.2, 0.25) is 5.02 Å². The first-order chi connectivity index (χ1) is 13.8. The molecule has 29 heavy (non-hydrogen) atoms. The topological polar surface area (TPSA) is 30.5 Å². The highest BCUT2D eigenvalue weighted by molar-refractivity contribution is 6.31. The number of nitrogens with one attached hydrogen (secondary N) is 1. The molecule has 0 aliphatic heterocycles. The number of hydrogen-bond donors (Lipinski definition) is 1. The molecule has 1 N–H and O–H groups in total. The van der Waals surface area contributed by atoms with Gasteiger partial charge < -0.3 is 14.8 Å². The fourth-order valence-corrected chi connectivity index (χ4v) is 3.62. The van der Waals surface area contributed by atoms with E-state index in [1.807, 2.05) is 37.3 Å². The van der Waals surface area contributed by atoms with E-state index in [-0.39, 0.29) is 12.4 Å². The van der Waals surface area contributed by atoms with Crippen LogP contribution in [-0.2, 0) is 13.2 Å². The molecule has 2 aromatic rings. The minimum absolute atomic E-state index is 0. The number of rotatable bonds is 10. The van der Waals surface area contributed by atoms with Crippen LogP contribution in [0.25, 0.3) is 0 Å². The summed E-state index contributed by atoms with van der Waals surface area (Å²) in [6.45, 7) is 4.86. The fraction of sp³-hybridized carbons (Fsp3) is 0.417. The maximum absolute atomic E-state index is 6.22. The molecule has 0 heterocycles. The van der Waals surface area contributed by atoms with Crippen LogP contribution in [0.3, 0.4) is 0 Å². The normalized spacial score (nSPS) is 13.4. The third kappa shape index (κ3) is 7.58. The Hall–Kier alpha value is -1.68. The first-order valence-electron chi connectivity index (χ1n) is 10.3. The smallest absolute Gasteiger partial charge is 0.161 e. The Morgan fingerprint density at radius 2 is 1.90 bits per heavy atom. The molecule has 0 spiro atoms. The van der Waals surface area contributed by atoms with Crippen LogP contribution in [0.15, 0.2) is 54.1 Å². The summed E-state index contributed by atoms with van der Waals surface area (Å²) in [6.07, 6.45) is 8.79. The van der Waals surface area contributed by atoms with Crippen LogP contribution in [0.5, 0.6) is 11.5 Å². The molecule has 3 rings (SSSR count). The van der Waals surface area contributed by atoms with E-state index in [1.165, 1.54) is 31.2 Å². The maximum atomic E-state index is 6.22. The maximum Gasteiger partial charge on any atom is 0.161 e. The molecule has 158 valence electrons. The lowest BCUT2D eigenvalue weighted by Crippen LogP contribution is -2.15. The average molecular weight is 436 g/mol. The molecule has 0 radical (unpaired) electrons. The Morgan fingerprint density at radius 1 is 1.03 bits per heavy atom. The van der Waals surface area contributed by atoms with E-state index in [0.29, 0.717) is 13.2 Å². The predicted molar refractivity (Wildman–Crippen MR) is 124 cm³/mol. The van der Waals surface area contributed by atoms with E-state index in [0.717, 1.165) is 41.6 Å². The highest BCUT2D eigenvalue weighted by Crippen LogP contribution is 2.30. The van der Waals surface area contributed by atoms with E-state index in [2.05, 4.69) is 23.5 Å². The Morgan fingerprint density at radius 3 is 2.66 bits per heavy atom. The van der Waals surface area contributed by atoms with Crippen molar-refractivity contribution in [2.75, 3.05) is 13.2 Å². The summed E-state index contributed by atoms with van der Waals surface area (Å²) in [4.78, 5) is 0. The zero-order valence-corrected chi connectivity index (χ0v) is 18.7. The zero-order valence-electron chi connectivity index (χ0n) is 17.1. The van der Waals surface area contributed by atoms with Crippen molar-refractivity contribution in [3.63, 3.8) is 0 Å². The van der Waals surface area contributed by atoms with Crippen molar-refractivity contribution in [1.82, 2.24) is 5.32 Å². The average Bonchev–Trinajstić information content (AvgIpc) is 2.73. The van der Waals surface area contributed by atoms with Crippen LogP contribution in [0.1, 0.15) is 50.2 Å². The molecular formula is C24H31Cl2NO2. The van der Waals surface area contributed by atoms with Gasteiger partial charge in [0, 0.05) is 17.1 Å². The summed E-state index contributed by atoms with van der Waals surface area (Å²) < 4.78 is 11.8. The number of ether oxygens (including phenoxy) is 2. The molecule has 1 aliphatic carbocycles. The van der Waals surface area contributed by atoms with E-state index >= 15 is 0 Å². The number of allylic oxidation sites excluding steroid dienone is 1. The fourth-order valence-electron chi connectivity index (χ4n) is 3.43. The number of hydrogen-bond acceptors (Lipinski definition) is 3. The van der Waals surface area contributed by atoms with Gasteiger partial charge in [0.2, 0.25) is 0 Å². The van der Waals surface area contributed by atoms with Crippen molar-refractivity contribution in [2.24, 2.45) is 0 Å². The van der Waals surface area contributed by atoms with Gasteiger partial charge in [-0.3, -0.25) is 0 Å². The van der Waals surface area contributed by atoms with Crippen molar-refractivity contribution in [3.8, 4) is 11.5 Å². The molecule has 0 atom stereocenters. The summed E-state index contributed by atoms with van der Waals surface area (Å²) in [7, 11) is 0. The van der Waals surface area contributed by atoms with Crippen LogP contribution in [-0.4, -0.2) is 13.2 Å². The minimum atomic E-state index is 0. The van der Waals surface area contributed by atoms with Gasteiger partial charge in [0.05, 0.1) is 6.61 Å². The largest absolute Gasteiger partial charge is 0.490 e. The van der Waals surface area contributed by atoms with Gasteiger partial charge in [-0.15, -0.1) is 12.4 Å². The third-order valence-corrected chi connectivity index (χ3v) is 5.35. The molecule has 0 bridgehead atoms. The van der Waals surface area contributed by atoms with Gasteiger partial charge >= 0.3 is 0 Å². The first kappa shape index (κ1) is 23.6. The lowest BCUT2D eigenvalue weighted by Gasteiger charge is -2.15. The summed E-state index contributed by atoms with van der Waals surface area (Å²) >= 11 is 6.22. The molecule has 0 unspecified atom stereocenters. The van der Waals surface area contributed by atoms with Gasteiger partial charge in [0.15, 0.2) is 11.5 Å². The SMILES string of the molecule is CCOc1cc(CNCCC2=CCCCC2)ccc1OCc1ccccc1Cl.Cl. The third-order valence-electron chi connectivity index (χ3n) is 4.99. The summed E-state index contributed by atoms with van der Waals surface area (Å²) in [5.41, 5.74) is 3.78. The van der Waals surface area contributed by atoms with E-state index in [9.17, 15) is 0 Å². The standard InChI is InChI=1S/C24H30ClNO2.ClH/c1-2-27-24-16-20(17-26-15-14-19-8-4-3-5-9-19)12-13-23(24)28-18-21-10-6-7-11-22(21)25;/h6-8,10-13,16,26H,2-5,9,14-15,17-18H2,1H3;1H. The van der Waals surface area contributed by atoms with Crippen LogP contribution >= 0.6 is 24.0 Å². The molecule has 3 nitrogen and oxygen atoms in total. The zero-order chi connectivity index (χ0) is 19.6. The molecule has 0 aromatic heterocycles. The molecule has 0 fully saturated rings. The predicted octanol–water partition coefficient (Wildman–Crippen LogP) is 6.72. The first-order valence-corrected chi connectivity index (χ1v) is 10.6. The molecule has 0 saturated heterocycles. The minimum Gasteiger partial charge on any atom is -0.490 e. The Balaban J connectivity index is 0.00000300. The van der Waals surface area contributed by atoms with Crippen molar-refractivity contribution >= 4 is 24.0 Å². The van der Waals surface area contributed by atoms with Gasteiger partial charge in [-0.2, -0.15) is 0 Å². The Kier molecular flexibility index (Phi) is 10.4. The summed E-state index contributed by atoms with van der Waals surface area (Å²) in [5, 5.41) is 4.27. The van der Waals surface area contributed by atoms with Crippen LogP contribution < -0.4 is 14.8 Å². The summed E-state index contributed by atoms with van der Waals surface area (Å²) in [6, 6.07) is 13.9. The molecule has 1 aliphatic rings. The summed E-state index contributed by atoms with van der Waals surface area (Å²) in [5.74, 6) is 1.53. The van der Waals surface area contributed by atoms with Crippen LogP contribution in [0.4, 0.5) is 0 Å². The lowest BCUT2D eigenvalue weighted by atomic mass is 9.97. The van der Waals surface area contributed by atoms with Crippen LogP contribution in [0, 0.1) is 0 Å². The monoisotopic (exact) mass is 435 g/mol. The van der Waals surface area contributed by atoms with Crippen molar-refractivity contribution in [3.05, 3.63) is 70.3 Å². The Labute approximate surface area is 185 Å². The van der Waals surface area contributed by atoms with E-state index in [4.69, 9.17) is 21.1 Å². The second-order valence-corrected chi connectivity index (χ2v) is 7.54. The van der Waals surface area contributed by atoms with Crippen molar-refractivity contribution < 1.29 is 9.47 Å². The van der Waals surface area contributed by atoms with E-state index in [1.54, 1.807) is 5.57 Å². The lowest BCUT2D eigenvalue weighted by molar-refractivity contribution is 0.269. The quantitative estimate of drug-likeness (QED) is 0.331. The van der Waals surface area contributed by atoms with Gasteiger partial charge in [0.1, 0.15) is 6.61 Å². The second kappa shape index (κ2) is 12.8. The highest BCUT2D eigenvalue weighted by atomic mass is 35.5. The Bertz CT molecular complexity index is 792. The molecule has 5 heteroatoms. The molecule has 2 aromatic carbocycles. The number of halogens is 2. The van der Waals surface area contributed by atoms with Crippen molar-refractivity contribution in [1.29, 1.82) is 0 Å². The van der Waals surface area contributed by atoms with Gasteiger partial charge in [0.25, 0.3) is 0 Å². The molecule has 0 saturated carbocycles. The van der Waals surface area contributed by atoms with Crippen molar-refractivity contribution in [2.45, 2.75) is 52.2 Å². The molecule has 0 amide bonds. The van der Waals surface area contributed by atoms with Gasteiger partial charge in [-0.25, -0.2) is 0 Å². The second-order valence-electron chi connectivity index (χ2n) is 7.13. The number of benzene rings is 2. The van der Waals surface area contributed by atoms with Gasteiger partial charge in [-0.1, -0.05) is 47.5 Å². The molecular weight excluding hydrogens is 405 g/mol. The highest BCUT2D eigenvalue weighted by Gasteiger charge is 2.09.